The summed E-state index contributed by atoms with van der Waals surface area (Å²) in [6.07, 6.45) is 7.29. The van der Waals surface area contributed by atoms with Crippen molar-refractivity contribution in [1.82, 2.24) is 4.90 Å². The molecule has 28 heavy (non-hydrogen) atoms. The van der Waals surface area contributed by atoms with Crippen molar-refractivity contribution in [1.29, 1.82) is 0 Å². The maximum atomic E-state index is 10.8. The highest BCUT2D eigenvalue weighted by molar-refractivity contribution is 5.73. The fourth-order valence-corrected chi connectivity index (χ4v) is 3.74. The van der Waals surface area contributed by atoms with Gasteiger partial charge in [0, 0.05) is 13.0 Å². The molecule has 0 spiro atoms. The summed E-state index contributed by atoms with van der Waals surface area (Å²) in [6, 6.07) is 16.9. The third-order valence-electron chi connectivity index (χ3n) is 5.37. The first-order chi connectivity index (χ1) is 13.7. The number of carbonyl (C=O) groups is 1. The van der Waals surface area contributed by atoms with Gasteiger partial charge in [-0.3, -0.25) is 4.79 Å². The normalized spacial score (nSPS) is 14.7. The molecule has 0 saturated carbocycles. The summed E-state index contributed by atoms with van der Waals surface area (Å²) >= 11 is 0. The van der Waals surface area contributed by atoms with Crippen LogP contribution in [0.4, 0.5) is 0 Å². The third-order valence-corrected chi connectivity index (χ3v) is 5.37. The summed E-state index contributed by atoms with van der Waals surface area (Å²) in [6.45, 7) is 4.41. The molecular formula is C24H32N2O2. The predicted octanol–water partition coefficient (Wildman–Crippen LogP) is 4.42. The predicted molar refractivity (Wildman–Crippen MR) is 114 cm³/mol. The minimum absolute atomic E-state index is 0.231. The molecule has 0 aliphatic carbocycles. The smallest absolute Gasteiger partial charge is 0.217 e. The van der Waals surface area contributed by atoms with Gasteiger partial charge < -0.3 is 15.4 Å². The molecular weight excluding hydrogens is 348 g/mol. The Morgan fingerprint density at radius 3 is 2.18 bits per heavy atom. The maximum absolute atomic E-state index is 10.8. The number of rotatable bonds is 10. The number of amides is 1. The van der Waals surface area contributed by atoms with Gasteiger partial charge in [-0.1, -0.05) is 42.8 Å². The van der Waals surface area contributed by atoms with Crippen molar-refractivity contribution in [2.24, 2.45) is 5.73 Å². The Balaban J connectivity index is 1.42. The second-order valence-corrected chi connectivity index (χ2v) is 7.65. The molecule has 150 valence electrons. The summed E-state index contributed by atoms with van der Waals surface area (Å²) in [5, 5.41) is 0. The lowest BCUT2D eigenvalue weighted by Gasteiger charge is -2.26. The summed E-state index contributed by atoms with van der Waals surface area (Å²) in [4.78, 5) is 13.4. The van der Waals surface area contributed by atoms with Crippen molar-refractivity contribution in [3.8, 4) is 16.9 Å². The van der Waals surface area contributed by atoms with Crippen molar-refractivity contribution < 1.29 is 9.53 Å². The lowest BCUT2D eigenvalue weighted by Crippen LogP contribution is -2.31. The van der Waals surface area contributed by atoms with Gasteiger partial charge in [0.25, 0.3) is 0 Å². The molecule has 0 unspecified atom stereocenters. The van der Waals surface area contributed by atoms with E-state index in [4.69, 9.17) is 10.5 Å². The van der Waals surface area contributed by atoms with Crippen LogP contribution in [0.5, 0.6) is 5.75 Å². The Labute approximate surface area is 168 Å². The summed E-state index contributed by atoms with van der Waals surface area (Å²) in [5.41, 5.74) is 8.80. The van der Waals surface area contributed by atoms with Crippen LogP contribution in [0.2, 0.25) is 0 Å². The first-order valence-corrected chi connectivity index (χ1v) is 10.5. The third kappa shape index (κ3) is 6.68. The van der Waals surface area contributed by atoms with E-state index in [-0.39, 0.29) is 5.91 Å². The molecule has 3 rings (SSSR count). The number of aryl methyl sites for hydroxylation is 1. The lowest BCUT2D eigenvalue weighted by molar-refractivity contribution is -0.118. The van der Waals surface area contributed by atoms with Crippen LogP contribution in [0.25, 0.3) is 11.1 Å². The van der Waals surface area contributed by atoms with Crippen LogP contribution in [-0.4, -0.2) is 37.0 Å². The molecule has 4 nitrogen and oxygen atoms in total. The average Bonchev–Trinajstić information content (AvgIpc) is 2.73. The highest BCUT2D eigenvalue weighted by atomic mass is 16.5. The van der Waals surface area contributed by atoms with Gasteiger partial charge in [-0.2, -0.15) is 0 Å². The molecule has 0 bridgehead atoms. The zero-order valence-corrected chi connectivity index (χ0v) is 16.7. The van der Waals surface area contributed by atoms with Gasteiger partial charge in [-0.25, -0.2) is 0 Å². The van der Waals surface area contributed by atoms with Gasteiger partial charge in [0.1, 0.15) is 5.75 Å². The number of ether oxygens (including phenoxy) is 1. The largest absolute Gasteiger partial charge is 0.494 e. The highest BCUT2D eigenvalue weighted by Crippen LogP contribution is 2.23. The van der Waals surface area contributed by atoms with Crippen LogP contribution >= 0.6 is 0 Å². The number of piperidine rings is 1. The number of nitrogens with zero attached hydrogens (tertiary/aromatic N) is 1. The van der Waals surface area contributed by atoms with E-state index in [1.807, 2.05) is 0 Å². The quantitative estimate of drug-likeness (QED) is 0.621. The Morgan fingerprint density at radius 1 is 0.893 bits per heavy atom. The Morgan fingerprint density at radius 2 is 1.54 bits per heavy atom. The molecule has 2 aromatic carbocycles. The molecule has 1 fully saturated rings. The molecule has 1 aliphatic heterocycles. The van der Waals surface area contributed by atoms with Gasteiger partial charge in [-0.15, -0.1) is 0 Å². The molecule has 0 radical (unpaired) electrons. The zero-order valence-electron chi connectivity index (χ0n) is 16.7. The minimum Gasteiger partial charge on any atom is -0.494 e. The number of hydrogen-bond acceptors (Lipinski definition) is 3. The molecule has 2 aromatic rings. The monoisotopic (exact) mass is 380 g/mol. The van der Waals surface area contributed by atoms with Crippen LogP contribution in [0.3, 0.4) is 0 Å². The molecule has 4 heteroatoms. The van der Waals surface area contributed by atoms with Crippen LogP contribution in [0.15, 0.2) is 48.5 Å². The van der Waals surface area contributed by atoms with E-state index >= 15 is 0 Å². The van der Waals surface area contributed by atoms with Crippen molar-refractivity contribution in [3.05, 3.63) is 54.1 Å². The number of hydrogen-bond donors (Lipinski definition) is 1. The van der Waals surface area contributed by atoms with Crippen LogP contribution in [0, 0.1) is 0 Å². The minimum atomic E-state index is -0.231. The van der Waals surface area contributed by atoms with E-state index in [9.17, 15) is 4.79 Å². The standard InChI is InChI=1S/C24H32N2O2/c25-24(27)7-4-6-20-8-10-21(11-9-20)22-12-14-23(15-13-22)28-19-5-18-26-16-2-1-3-17-26/h8-15H,1-7,16-19H2,(H2,25,27). The van der Waals surface area contributed by atoms with Crippen LogP contribution in [0.1, 0.15) is 44.1 Å². The maximum Gasteiger partial charge on any atom is 0.217 e. The van der Waals surface area contributed by atoms with Crippen molar-refractivity contribution in [2.75, 3.05) is 26.2 Å². The van der Waals surface area contributed by atoms with Crippen LogP contribution in [-0.2, 0) is 11.2 Å². The molecule has 2 N–H and O–H groups in total. The molecule has 1 heterocycles. The number of primary amides is 1. The Hall–Kier alpha value is -2.33. The van der Waals surface area contributed by atoms with E-state index in [2.05, 4.69) is 53.4 Å². The molecule has 1 saturated heterocycles. The SMILES string of the molecule is NC(=O)CCCc1ccc(-c2ccc(OCCCN3CCCCC3)cc2)cc1. The first-order valence-electron chi connectivity index (χ1n) is 10.5. The van der Waals surface area contributed by atoms with E-state index in [0.29, 0.717) is 6.42 Å². The Kier molecular flexibility index (Phi) is 7.92. The van der Waals surface area contributed by atoms with E-state index in [1.165, 1.54) is 49.0 Å². The van der Waals surface area contributed by atoms with Gasteiger partial charge >= 0.3 is 0 Å². The fraction of sp³-hybridized carbons (Fsp3) is 0.458. The van der Waals surface area contributed by atoms with Gasteiger partial charge in [-0.05, 0) is 74.0 Å². The zero-order chi connectivity index (χ0) is 19.6. The lowest BCUT2D eigenvalue weighted by atomic mass is 10.0. The molecule has 0 aromatic heterocycles. The van der Waals surface area contributed by atoms with E-state index < -0.39 is 0 Å². The van der Waals surface area contributed by atoms with Crippen molar-refractivity contribution in [2.45, 2.75) is 44.9 Å². The van der Waals surface area contributed by atoms with Crippen molar-refractivity contribution >= 4 is 5.91 Å². The van der Waals surface area contributed by atoms with Crippen molar-refractivity contribution in [3.63, 3.8) is 0 Å². The number of nitrogens with two attached hydrogens (primary N) is 1. The second-order valence-electron chi connectivity index (χ2n) is 7.65. The number of benzene rings is 2. The van der Waals surface area contributed by atoms with Crippen LogP contribution < -0.4 is 10.5 Å². The van der Waals surface area contributed by atoms with Gasteiger partial charge in [0.05, 0.1) is 6.61 Å². The first kappa shape index (κ1) is 20.4. The number of carbonyl (C=O) groups excluding carboxylic acids is 1. The molecule has 0 atom stereocenters. The van der Waals surface area contributed by atoms with E-state index in [0.717, 1.165) is 38.2 Å². The fourth-order valence-electron chi connectivity index (χ4n) is 3.74. The average molecular weight is 381 g/mol. The molecule has 1 aliphatic rings. The van der Waals surface area contributed by atoms with Gasteiger partial charge in [0.15, 0.2) is 0 Å². The van der Waals surface area contributed by atoms with E-state index in [1.54, 1.807) is 0 Å². The summed E-state index contributed by atoms with van der Waals surface area (Å²) < 4.78 is 5.91. The topological polar surface area (TPSA) is 55.6 Å². The Bertz CT molecular complexity index is 719. The second kappa shape index (κ2) is 10.9. The van der Waals surface area contributed by atoms with Gasteiger partial charge in [0.2, 0.25) is 5.91 Å². The molecule has 1 amide bonds. The number of likely N-dealkylation sites (tertiary alicyclic amines) is 1. The summed E-state index contributed by atoms with van der Waals surface area (Å²) in [7, 11) is 0. The summed E-state index contributed by atoms with van der Waals surface area (Å²) in [5.74, 6) is 0.705. The highest BCUT2D eigenvalue weighted by Gasteiger charge is 2.09.